The second-order valence-corrected chi connectivity index (χ2v) is 12.1. The van der Waals surface area contributed by atoms with E-state index >= 15 is 0 Å². The molecule has 1 unspecified atom stereocenters. The number of alkyl halides is 3. The lowest BCUT2D eigenvalue weighted by Gasteiger charge is -2.48. The summed E-state index contributed by atoms with van der Waals surface area (Å²) in [5, 5.41) is 3.01. The number of hydrogen-bond donors (Lipinski definition) is 1. The molecule has 0 aliphatic rings. The molecule has 212 valence electrons. The van der Waals surface area contributed by atoms with Gasteiger partial charge in [0.1, 0.15) is 16.1 Å². The molecule has 1 aromatic rings. The van der Waals surface area contributed by atoms with Gasteiger partial charge in [0.2, 0.25) is 0 Å². The molecule has 37 heavy (non-hydrogen) atoms. The number of hydrogen-bond acceptors (Lipinski definition) is 5. The van der Waals surface area contributed by atoms with Gasteiger partial charge < -0.3 is 19.2 Å². The lowest BCUT2D eigenvalue weighted by molar-refractivity contribution is -0.172. The average Bonchev–Trinajstić information content (AvgIpc) is 2.74. The SMILES string of the molecule is COC(=O)[C@](CCCC(F)(F)F)(O[SiH3])C(C)[C@H]([C@H](Cc1ccccc1)NC(=O)OC(C)(C)C)C(C)(C)C. The van der Waals surface area contributed by atoms with E-state index in [4.69, 9.17) is 13.9 Å². The fourth-order valence-electron chi connectivity index (χ4n) is 5.20. The number of carbonyl (C=O) groups is 2. The molecule has 1 aromatic carbocycles. The minimum absolute atomic E-state index is 0.107. The van der Waals surface area contributed by atoms with Crippen molar-refractivity contribution in [1.29, 1.82) is 0 Å². The maximum Gasteiger partial charge on any atom is 0.407 e. The highest BCUT2D eigenvalue weighted by Crippen LogP contribution is 2.44. The number of benzene rings is 1. The Morgan fingerprint density at radius 3 is 2.00 bits per heavy atom. The fraction of sp³-hybridized carbons (Fsp3) is 0.704. The molecular weight excluding hydrogens is 503 g/mol. The van der Waals surface area contributed by atoms with Crippen molar-refractivity contribution in [3.63, 3.8) is 0 Å². The smallest absolute Gasteiger partial charge is 0.407 e. The molecule has 0 aromatic heterocycles. The number of esters is 1. The van der Waals surface area contributed by atoms with Gasteiger partial charge >= 0.3 is 18.2 Å². The first-order valence-corrected chi connectivity index (χ1v) is 13.4. The van der Waals surface area contributed by atoms with E-state index in [0.29, 0.717) is 6.42 Å². The van der Waals surface area contributed by atoms with Gasteiger partial charge in [0.05, 0.1) is 7.11 Å². The standard InChI is InChI=1S/C27H44F3NO5Si/c1-18(26(36-37,22(32)34-8)15-12-16-27(28,29)30)21(24(2,3)4)20(17-19-13-10-9-11-14-19)31-23(33)35-25(5,6)7/h9-11,13-14,18,20-21H,12,15-17H2,1-8,37H3,(H,31,33)/t18?,20-,21+,26+/m0/s1. The van der Waals surface area contributed by atoms with Crippen molar-refractivity contribution in [3.05, 3.63) is 35.9 Å². The number of rotatable bonds is 11. The Morgan fingerprint density at radius 1 is 1.00 bits per heavy atom. The highest BCUT2D eigenvalue weighted by molar-refractivity contribution is 6.00. The van der Waals surface area contributed by atoms with Crippen molar-refractivity contribution < 1.29 is 36.7 Å². The maximum atomic E-state index is 13.2. The van der Waals surface area contributed by atoms with E-state index < -0.39 is 59.2 Å². The molecule has 4 atom stereocenters. The number of amides is 1. The van der Waals surface area contributed by atoms with Crippen molar-refractivity contribution in [2.45, 2.75) is 97.6 Å². The number of carbonyl (C=O) groups excluding carboxylic acids is 2. The third kappa shape index (κ3) is 10.3. The number of nitrogens with one attached hydrogen (secondary N) is 1. The molecule has 0 fully saturated rings. The van der Waals surface area contributed by atoms with Gasteiger partial charge in [0.25, 0.3) is 0 Å². The van der Waals surface area contributed by atoms with Crippen molar-refractivity contribution in [2.24, 2.45) is 17.3 Å². The number of halogens is 3. The summed E-state index contributed by atoms with van der Waals surface area (Å²) in [6.07, 6.45) is -6.01. The third-order valence-electron chi connectivity index (χ3n) is 6.61. The second kappa shape index (κ2) is 13.1. The summed E-state index contributed by atoms with van der Waals surface area (Å²) in [4.78, 5) is 26.1. The molecule has 1 N–H and O–H groups in total. The third-order valence-corrected chi connectivity index (χ3v) is 7.34. The monoisotopic (exact) mass is 547 g/mol. The molecule has 0 aliphatic carbocycles. The Balaban J connectivity index is 3.57. The van der Waals surface area contributed by atoms with Crippen LogP contribution in [0.2, 0.25) is 0 Å². The highest BCUT2D eigenvalue weighted by atomic mass is 28.2. The van der Waals surface area contributed by atoms with Crippen LogP contribution in [0.15, 0.2) is 30.3 Å². The number of ether oxygens (including phenoxy) is 2. The molecule has 0 saturated carbocycles. The average molecular weight is 548 g/mol. The van der Waals surface area contributed by atoms with Gasteiger partial charge in [-0.3, -0.25) is 0 Å². The summed E-state index contributed by atoms with van der Waals surface area (Å²) in [6.45, 7) is 13.0. The second-order valence-electron chi connectivity index (χ2n) is 11.7. The minimum atomic E-state index is -4.35. The molecule has 10 heteroatoms. The van der Waals surface area contributed by atoms with Crippen LogP contribution in [0, 0.1) is 17.3 Å². The van der Waals surface area contributed by atoms with Crippen LogP contribution in [0.25, 0.3) is 0 Å². The molecule has 0 bridgehead atoms. The van der Waals surface area contributed by atoms with Crippen LogP contribution in [0.5, 0.6) is 0 Å². The van der Waals surface area contributed by atoms with Crippen LogP contribution < -0.4 is 5.32 Å². The van der Waals surface area contributed by atoms with Gasteiger partial charge in [-0.15, -0.1) is 0 Å². The molecular formula is C27H44F3NO5Si. The molecule has 0 aliphatic heterocycles. The predicted molar refractivity (Wildman–Crippen MR) is 141 cm³/mol. The van der Waals surface area contributed by atoms with Crippen molar-refractivity contribution in [2.75, 3.05) is 7.11 Å². The zero-order chi connectivity index (χ0) is 28.7. The molecule has 0 saturated heterocycles. The van der Waals surface area contributed by atoms with Gasteiger partial charge in [-0.05, 0) is 56.9 Å². The normalized spacial score (nSPS) is 16.8. The van der Waals surface area contributed by atoms with Gasteiger partial charge in [0.15, 0.2) is 5.60 Å². The first kappa shape index (κ1) is 33.0. The van der Waals surface area contributed by atoms with Gasteiger partial charge in [-0.25, -0.2) is 9.59 Å². The maximum absolute atomic E-state index is 13.2. The van der Waals surface area contributed by atoms with E-state index in [-0.39, 0.29) is 23.3 Å². The summed E-state index contributed by atoms with van der Waals surface area (Å²) >= 11 is 0. The molecule has 6 nitrogen and oxygen atoms in total. The van der Waals surface area contributed by atoms with E-state index in [2.05, 4.69) is 5.32 Å². The van der Waals surface area contributed by atoms with Crippen molar-refractivity contribution >= 4 is 22.5 Å². The number of alkyl carbamates (subject to hydrolysis) is 1. The molecule has 0 heterocycles. The van der Waals surface area contributed by atoms with Gasteiger partial charge in [-0.1, -0.05) is 58.0 Å². The Hall–Kier alpha value is -2.07. The summed E-state index contributed by atoms with van der Waals surface area (Å²) < 4.78 is 55.5. The van der Waals surface area contributed by atoms with E-state index in [9.17, 15) is 22.8 Å². The van der Waals surface area contributed by atoms with Crippen LogP contribution in [0.4, 0.5) is 18.0 Å². The van der Waals surface area contributed by atoms with Crippen LogP contribution >= 0.6 is 0 Å². The lowest BCUT2D eigenvalue weighted by Crippen LogP contribution is -2.58. The van der Waals surface area contributed by atoms with E-state index in [1.54, 1.807) is 27.7 Å². The van der Waals surface area contributed by atoms with Crippen LogP contribution in [-0.2, 0) is 25.1 Å². The van der Waals surface area contributed by atoms with Crippen molar-refractivity contribution in [3.8, 4) is 0 Å². The zero-order valence-corrected chi connectivity index (χ0v) is 25.6. The molecule has 1 rings (SSSR count). The fourth-order valence-corrected chi connectivity index (χ4v) is 5.94. The van der Waals surface area contributed by atoms with E-state index in [1.165, 1.54) is 7.11 Å². The molecule has 0 spiro atoms. The summed E-state index contributed by atoms with van der Waals surface area (Å²) in [6, 6.07) is 9.04. The Kier molecular flexibility index (Phi) is 11.7. The Morgan fingerprint density at radius 2 is 1.57 bits per heavy atom. The topological polar surface area (TPSA) is 73.9 Å². The van der Waals surface area contributed by atoms with Crippen molar-refractivity contribution in [1.82, 2.24) is 5.32 Å². The van der Waals surface area contributed by atoms with Crippen LogP contribution in [-0.4, -0.2) is 53.1 Å². The molecule has 1 amide bonds. The quantitative estimate of drug-likeness (QED) is 0.298. The lowest BCUT2D eigenvalue weighted by atomic mass is 9.63. The highest BCUT2D eigenvalue weighted by Gasteiger charge is 2.52. The van der Waals surface area contributed by atoms with E-state index in [0.717, 1.165) is 5.56 Å². The van der Waals surface area contributed by atoms with Crippen LogP contribution in [0.1, 0.15) is 73.3 Å². The number of methoxy groups -OCH3 is 1. The van der Waals surface area contributed by atoms with Gasteiger partial charge in [0, 0.05) is 18.4 Å². The predicted octanol–water partition coefficient (Wildman–Crippen LogP) is 5.36. The van der Waals surface area contributed by atoms with E-state index in [1.807, 2.05) is 51.1 Å². The molecule has 0 radical (unpaired) electrons. The summed E-state index contributed by atoms with van der Waals surface area (Å²) in [5.74, 6) is -1.71. The Labute approximate surface area is 222 Å². The Bertz CT molecular complexity index is 868. The first-order chi connectivity index (χ1) is 16.9. The zero-order valence-electron chi connectivity index (χ0n) is 23.6. The van der Waals surface area contributed by atoms with Gasteiger partial charge in [-0.2, -0.15) is 13.2 Å². The minimum Gasteiger partial charge on any atom is -0.467 e. The van der Waals surface area contributed by atoms with Crippen LogP contribution in [0.3, 0.4) is 0 Å². The summed E-state index contributed by atoms with van der Waals surface area (Å²) in [5.41, 5.74) is -1.85. The first-order valence-electron chi connectivity index (χ1n) is 12.6. The summed E-state index contributed by atoms with van der Waals surface area (Å²) in [7, 11) is 1.32. The largest absolute Gasteiger partial charge is 0.467 e.